The first kappa shape index (κ1) is 21.6. The standard InChI is InChI=1S/C20H22BrF3N4O/c1-14-11-16(4-5-17(14)21)26-19(29)13-27-7-2-8-28(10-9-27)18-6-3-15(12-25-18)20(22,23)24/h3-6,11-12H,2,7-10,13H2,1H3,(H,26,29). The van der Waals surface area contributed by atoms with Crippen molar-refractivity contribution in [3.05, 3.63) is 52.1 Å². The highest BCUT2D eigenvalue weighted by molar-refractivity contribution is 9.10. The lowest BCUT2D eigenvalue weighted by Crippen LogP contribution is -2.36. The van der Waals surface area contributed by atoms with Crippen LogP contribution < -0.4 is 10.2 Å². The number of rotatable bonds is 4. The highest BCUT2D eigenvalue weighted by Gasteiger charge is 2.31. The molecule has 0 unspecified atom stereocenters. The summed E-state index contributed by atoms with van der Waals surface area (Å²) < 4.78 is 39.1. The molecule has 156 valence electrons. The van der Waals surface area contributed by atoms with Crippen molar-refractivity contribution < 1.29 is 18.0 Å². The largest absolute Gasteiger partial charge is 0.417 e. The first-order chi connectivity index (χ1) is 13.7. The number of carbonyl (C=O) groups excluding carboxylic acids is 1. The summed E-state index contributed by atoms with van der Waals surface area (Å²) in [6, 6.07) is 8.10. The Kier molecular flexibility index (Phi) is 6.79. The Hall–Kier alpha value is -2.13. The second-order valence-corrected chi connectivity index (χ2v) is 7.89. The van der Waals surface area contributed by atoms with Crippen LogP contribution in [0.3, 0.4) is 0 Å². The van der Waals surface area contributed by atoms with Gasteiger partial charge in [-0.05, 0) is 49.2 Å². The van der Waals surface area contributed by atoms with Crippen LogP contribution in [0.2, 0.25) is 0 Å². The van der Waals surface area contributed by atoms with E-state index < -0.39 is 11.7 Å². The van der Waals surface area contributed by atoms with Gasteiger partial charge in [0.2, 0.25) is 5.91 Å². The highest BCUT2D eigenvalue weighted by Crippen LogP contribution is 2.29. The van der Waals surface area contributed by atoms with Crippen LogP contribution in [-0.4, -0.2) is 48.5 Å². The quantitative estimate of drug-likeness (QED) is 0.722. The number of hydrogen-bond donors (Lipinski definition) is 1. The number of alkyl halides is 3. The molecule has 2 aromatic rings. The Morgan fingerprint density at radius 3 is 2.62 bits per heavy atom. The zero-order valence-corrected chi connectivity index (χ0v) is 17.6. The topological polar surface area (TPSA) is 48.5 Å². The number of pyridine rings is 1. The van der Waals surface area contributed by atoms with E-state index in [1.54, 1.807) is 0 Å². The zero-order valence-electron chi connectivity index (χ0n) is 16.0. The number of nitrogens with zero attached hydrogens (tertiary/aromatic N) is 3. The van der Waals surface area contributed by atoms with E-state index in [4.69, 9.17) is 0 Å². The summed E-state index contributed by atoms with van der Waals surface area (Å²) in [5, 5.41) is 2.91. The number of aryl methyl sites for hydroxylation is 1. The summed E-state index contributed by atoms with van der Waals surface area (Å²) in [6.45, 7) is 4.88. The van der Waals surface area contributed by atoms with Gasteiger partial charge in [0.15, 0.2) is 0 Å². The maximum atomic E-state index is 12.7. The van der Waals surface area contributed by atoms with Crippen molar-refractivity contribution in [1.82, 2.24) is 9.88 Å². The minimum absolute atomic E-state index is 0.0900. The molecule has 2 heterocycles. The van der Waals surface area contributed by atoms with Gasteiger partial charge in [-0.2, -0.15) is 13.2 Å². The van der Waals surface area contributed by atoms with E-state index in [0.29, 0.717) is 25.5 Å². The van der Waals surface area contributed by atoms with Crippen LogP contribution in [0, 0.1) is 6.92 Å². The Balaban J connectivity index is 1.54. The van der Waals surface area contributed by atoms with Gasteiger partial charge in [0.25, 0.3) is 0 Å². The van der Waals surface area contributed by atoms with Crippen LogP contribution in [0.1, 0.15) is 17.5 Å². The lowest BCUT2D eigenvalue weighted by Gasteiger charge is -2.22. The number of anilines is 2. The van der Waals surface area contributed by atoms with Gasteiger partial charge in [0.05, 0.1) is 12.1 Å². The van der Waals surface area contributed by atoms with E-state index in [-0.39, 0.29) is 12.5 Å². The van der Waals surface area contributed by atoms with Crippen molar-refractivity contribution in [2.24, 2.45) is 0 Å². The summed E-state index contributed by atoms with van der Waals surface area (Å²) >= 11 is 3.44. The Labute approximate surface area is 176 Å². The van der Waals surface area contributed by atoms with Crippen molar-refractivity contribution in [2.75, 3.05) is 42.9 Å². The summed E-state index contributed by atoms with van der Waals surface area (Å²) in [6.07, 6.45) is -2.72. The fourth-order valence-corrected chi connectivity index (χ4v) is 3.47. The minimum atomic E-state index is -4.39. The molecule has 29 heavy (non-hydrogen) atoms. The number of carbonyl (C=O) groups is 1. The summed E-state index contributed by atoms with van der Waals surface area (Å²) in [4.78, 5) is 20.3. The lowest BCUT2D eigenvalue weighted by atomic mass is 10.2. The van der Waals surface area contributed by atoms with E-state index >= 15 is 0 Å². The summed E-state index contributed by atoms with van der Waals surface area (Å²) in [5.74, 6) is 0.433. The molecule has 0 spiro atoms. The van der Waals surface area contributed by atoms with Gasteiger partial charge >= 0.3 is 6.18 Å². The van der Waals surface area contributed by atoms with Crippen LogP contribution in [0.5, 0.6) is 0 Å². The molecule has 1 aliphatic heterocycles. The van der Waals surface area contributed by atoms with E-state index in [1.807, 2.05) is 34.9 Å². The second-order valence-electron chi connectivity index (χ2n) is 7.03. The molecule has 1 saturated heterocycles. The van der Waals surface area contributed by atoms with Crippen LogP contribution in [-0.2, 0) is 11.0 Å². The summed E-state index contributed by atoms with van der Waals surface area (Å²) in [7, 11) is 0. The smallest absolute Gasteiger partial charge is 0.355 e. The first-order valence-electron chi connectivity index (χ1n) is 9.29. The number of amides is 1. The molecule has 0 bridgehead atoms. The molecule has 1 aromatic heterocycles. The van der Waals surface area contributed by atoms with Crippen molar-refractivity contribution in [2.45, 2.75) is 19.5 Å². The third-order valence-electron chi connectivity index (χ3n) is 4.80. The zero-order chi connectivity index (χ0) is 21.0. The molecule has 1 N–H and O–H groups in total. The van der Waals surface area contributed by atoms with Gasteiger partial charge in [-0.1, -0.05) is 15.9 Å². The highest BCUT2D eigenvalue weighted by atomic mass is 79.9. The predicted molar refractivity (Wildman–Crippen MR) is 110 cm³/mol. The second kappa shape index (κ2) is 9.13. The molecule has 1 aliphatic rings. The Bertz CT molecular complexity index is 858. The number of hydrogen-bond acceptors (Lipinski definition) is 4. The maximum Gasteiger partial charge on any atom is 0.417 e. The third-order valence-corrected chi connectivity index (χ3v) is 5.69. The van der Waals surface area contributed by atoms with Crippen LogP contribution >= 0.6 is 15.9 Å². The molecule has 3 rings (SSSR count). The van der Waals surface area contributed by atoms with Crippen molar-refractivity contribution in [1.29, 1.82) is 0 Å². The number of halogens is 4. The third kappa shape index (κ3) is 5.93. The average Bonchev–Trinajstić information content (AvgIpc) is 2.90. The summed E-state index contributed by atoms with van der Waals surface area (Å²) in [5.41, 5.74) is 1.04. The number of aromatic nitrogens is 1. The van der Waals surface area contributed by atoms with Gasteiger partial charge in [-0.3, -0.25) is 9.69 Å². The van der Waals surface area contributed by atoms with E-state index in [9.17, 15) is 18.0 Å². The number of nitrogens with one attached hydrogen (secondary N) is 1. The molecule has 0 aliphatic carbocycles. The Morgan fingerprint density at radius 2 is 1.97 bits per heavy atom. The minimum Gasteiger partial charge on any atom is -0.355 e. The maximum absolute atomic E-state index is 12.7. The molecule has 1 amide bonds. The Morgan fingerprint density at radius 1 is 1.17 bits per heavy atom. The van der Waals surface area contributed by atoms with Gasteiger partial charge in [0, 0.05) is 42.5 Å². The van der Waals surface area contributed by atoms with Crippen LogP contribution in [0.25, 0.3) is 0 Å². The van der Waals surface area contributed by atoms with Crippen LogP contribution in [0.15, 0.2) is 41.0 Å². The molecule has 1 fully saturated rings. The molecule has 0 atom stereocenters. The normalized spacial score (nSPS) is 15.8. The van der Waals surface area contributed by atoms with Crippen molar-refractivity contribution in [3.63, 3.8) is 0 Å². The molecular weight excluding hydrogens is 449 g/mol. The van der Waals surface area contributed by atoms with Crippen molar-refractivity contribution in [3.8, 4) is 0 Å². The van der Waals surface area contributed by atoms with E-state index in [0.717, 1.165) is 41.0 Å². The van der Waals surface area contributed by atoms with E-state index in [1.165, 1.54) is 6.07 Å². The van der Waals surface area contributed by atoms with Gasteiger partial charge < -0.3 is 10.2 Å². The molecule has 0 radical (unpaired) electrons. The SMILES string of the molecule is Cc1cc(NC(=O)CN2CCCN(c3ccc(C(F)(F)F)cn3)CC2)ccc1Br. The lowest BCUT2D eigenvalue weighted by molar-refractivity contribution is -0.137. The fraction of sp³-hybridized carbons (Fsp3) is 0.400. The van der Waals surface area contributed by atoms with Crippen LogP contribution in [0.4, 0.5) is 24.7 Å². The molecule has 9 heteroatoms. The van der Waals surface area contributed by atoms with Gasteiger partial charge in [-0.25, -0.2) is 4.98 Å². The first-order valence-corrected chi connectivity index (χ1v) is 10.1. The van der Waals surface area contributed by atoms with E-state index in [2.05, 4.69) is 26.2 Å². The molecule has 0 saturated carbocycles. The molecular formula is C20H22BrF3N4O. The van der Waals surface area contributed by atoms with Gasteiger partial charge in [0.1, 0.15) is 5.82 Å². The fourth-order valence-electron chi connectivity index (χ4n) is 3.22. The predicted octanol–water partition coefficient (Wildman–Crippen LogP) is 4.32. The molecule has 1 aromatic carbocycles. The van der Waals surface area contributed by atoms with Gasteiger partial charge in [-0.15, -0.1) is 0 Å². The van der Waals surface area contributed by atoms with Crippen molar-refractivity contribution >= 4 is 33.3 Å². The average molecular weight is 471 g/mol. The number of benzene rings is 1. The molecule has 5 nitrogen and oxygen atoms in total. The monoisotopic (exact) mass is 470 g/mol.